The average molecular weight is 377 g/mol. The molecular weight excluding hydrogens is 354 g/mol. The number of fused-ring (bicyclic) bond motifs is 2. The summed E-state index contributed by atoms with van der Waals surface area (Å²) in [4.78, 5) is 15.1. The van der Waals surface area contributed by atoms with E-state index >= 15 is 0 Å². The van der Waals surface area contributed by atoms with Crippen LogP contribution in [0, 0.1) is 0 Å². The first kappa shape index (κ1) is 17.3. The Morgan fingerprint density at radius 1 is 1.04 bits per heavy atom. The quantitative estimate of drug-likeness (QED) is 0.622. The van der Waals surface area contributed by atoms with Crippen LogP contribution in [0.15, 0.2) is 53.3 Å². The van der Waals surface area contributed by atoms with Crippen molar-refractivity contribution in [2.24, 2.45) is 0 Å². The van der Waals surface area contributed by atoms with E-state index in [9.17, 15) is 4.79 Å². The molecule has 5 heteroatoms. The molecule has 0 N–H and O–H groups in total. The van der Waals surface area contributed by atoms with Gasteiger partial charge in [0.25, 0.3) is 0 Å². The second-order valence-electron chi connectivity index (χ2n) is 7.57. The van der Waals surface area contributed by atoms with E-state index in [1.807, 2.05) is 42.7 Å². The van der Waals surface area contributed by atoms with Crippen molar-refractivity contribution in [3.8, 4) is 11.5 Å². The van der Waals surface area contributed by atoms with Crippen LogP contribution in [-0.2, 0) is 0 Å². The maximum absolute atomic E-state index is 12.7. The van der Waals surface area contributed by atoms with Crippen LogP contribution in [0.1, 0.15) is 34.7 Å². The van der Waals surface area contributed by atoms with Gasteiger partial charge in [0.05, 0.1) is 12.5 Å². The molecule has 0 aliphatic carbocycles. The van der Waals surface area contributed by atoms with Crippen LogP contribution >= 0.6 is 0 Å². The van der Waals surface area contributed by atoms with Crippen molar-refractivity contribution in [2.45, 2.75) is 18.8 Å². The molecule has 1 saturated heterocycles. The van der Waals surface area contributed by atoms with Gasteiger partial charge in [-0.25, -0.2) is 0 Å². The molecular formula is C23H23NO4. The Bertz CT molecular complexity index is 995. The molecule has 144 valence electrons. The Morgan fingerprint density at radius 3 is 2.64 bits per heavy atom. The number of hydrogen-bond donors (Lipinski definition) is 0. The first-order chi connectivity index (χ1) is 13.8. The summed E-state index contributed by atoms with van der Waals surface area (Å²) in [7, 11) is 0. The third-order valence-corrected chi connectivity index (χ3v) is 5.77. The van der Waals surface area contributed by atoms with Gasteiger partial charge in [-0.2, -0.15) is 0 Å². The number of ether oxygens (including phenoxy) is 2. The molecule has 28 heavy (non-hydrogen) atoms. The molecule has 2 aromatic carbocycles. The fourth-order valence-electron chi connectivity index (χ4n) is 4.18. The topological polar surface area (TPSA) is 51.9 Å². The highest BCUT2D eigenvalue weighted by molar-refractivity contribution is 6.00. The lowest BCUT2D eigenvalue weighted by atomic mass is 10.0. The highest BCUT2D eigenvalue weighted by Gasteiger charge is 2.25. The van der Waals surface area contributed by atoms with Gasteiger partial charge in [-0.3, -0.25) is 4.79 Å². The number of furan rings is 1. The van der Waals surface area contributed by atoms with Gasteiger partial charge >= 0.3 is 0 Å². The van der Waals surface area contributed by atoms with Gasteiger partial charge in [-0.1, -0.05) is 12.1 Å². The average Bonchev–Trinajstić information content (AvgIpc) is 3.41. The minimum absolute atomic E-state index is 0.184. The van der Waals surface area contributed by atoms with Crippen molar-refractivity contribution in [1.82, 2.24) is 4.90 Å². The van der Waals surface area contributed by atoms with E-state index in [1.54, 1.807) is 6.26 Å². The number of likely N-dealkylation sites (tertiary alicyclic amines) is 1. The molecule has 5 nitrogen and oxygen atoms in total. The summed E-state index contributed by atoms with van der Waals surface area (Å²) < 4.78 is 16.5. The van der Waals surface area contributed by atoms with Gasteiger partial charge in [-0.15, -0.1) is 0 Å². The molecule has 0 amide bonds. The van der Waals surface area contributed by atoms with Crippen molar-refractivity contribution in [2.75, 3.05) is 32.8 Å². The van der Waals surface area contributed by atoms with Crippen LogP contribution in [0.2, 0.25) is 0 Å². The summed E-state index contributed by atoms with van der Waals surface area (Å²) in [6.45, 7) is 3.96. The summed E-state index contributed by atoms with van der Waals surface area (Å²) >= 11 is 0. The van der Waals surface area contributed by atoms with Gasteiger partial charge in [0.2, 0.25) is 0 Å². The van der Waals surface area contributed by atoms with E-state index in [2.05, 4.69) is 4.90 Å². The number of carbonyl (C=O) groups excluding carboxylic acids is 1. The van der Waals surface area contributed by atoms with Gasteiger partial charge in [0.1, 0.15) is 13.2 Å². The molecule has 1 unspecified atom stereocenters. The molecule has 0 bridgehead atoms. The van der Waals surface area contributed by atoms with E-state index in [0.717, 1.165) is 53.9 Å². The third-order valence-electron chi connectivity index (χ3n) is 5.77. The second kappa shape index (κ2) is 7.32. The standard InChI is InChI=1S/C23H23NO4/c25-21(4-7-24-6-3-18(14-24)19-5-8-26-15-19)17-2-1-16-12-22-23(13-20(16)11-17)28-10-9-27-22/h1-2,5,8,11-13,15,18H,3-4,6-7,9-10,14H2. The number of nitrogens with zero attached hydrogens (tertiary/aromatic N) is 1. The molecule has 1 atom stereocenters. The van der Waals surface area contributed by atoms with Crippen molar-refractivity contribution in [3.63, 3.8) is 0 Å². The monoisotopic (exact) mass is 377 g/mol. The van der Waals surface area contributed by atoms with Crippen LogP contribution in [-0.4, -0.2) is 43.5 Å². The normalized spacial score (nSPS) is 19.2. The molecule has 3 heterocycles. The van der Waals surface area contributed by atoms with E-state index in [1.165, 1.54) is 5.56 Å². The number of carbonyl (C=O) groups is 1. The molecule has 3 aromatic rings. The maximum Gasteiger partial charge on any atom is 0.164 e. The molecule has 5 rings (SSSR count). The number of rotatable bonds is 5. The third kappa shape index (κ3) is 3.38. The predicted octanol–water partition coefficient (Wildman–Crippen LogP) is 4.27. The number of benzene rings is 2. The van der Waals surface area contributed by atoms with Gasteiger partial charge in [0.15, 0.2) is 17.3 Å². The maximum atomic E-state index is 12.7. The Balaban J connectivity index is 1.24. The lowest BCUT2D eigenvalue weighted by molar-refractivity contribution is 0.0969. The fourth-order valence-corrected chi connectivity index (χ4v) is 4.18. The van der Waals surface area contributed by atoms with Gasteiger partial charge in [0, 0.05) is 31.0 Å². The summed E-state index contributed by atoms with van der Waals surface area (Å²) in [6, 6.07) is 11.9. The molecule has 2 aliphatic rings. The van der Waals surface area contributed by atoms with Crippen LogP contribution < -0.4 is 9.47 Å². The van der Waals surface area contributed by atoms with Crippen LogP contribution in [0.5, 0.6) is 11.5 Å². The Morgan fingerprint density at radius 2 is 1.86 bits per heavy atom. The summed E-state index contributed by atoms with van der Waals surface area (Å²) in [6.07, 6.45) is 5.22. The smallest absolute Gasteiger partial charge is 0.164 e. The minimum Gasteiger partial charge on any atom is -0.486 e. The van der Waals surface area contributed by atoms with E-state index in [0.29, 0.717) is 25.6 Å². The highest BCUT2D eigenvalue weighted by Crippen LogP contribution is 2.35. The molecule has 0 spiro atoms. The lowest BCUT2D eigenvalue weighted by Crippen LogP contribution is -2.23. The van der Waals surface area contributed by atoms with E-state index < -0.39 is 0 Å². The van der Waals surface area contributed by atoms with Crippen LogP contribution in [0.3, 0.4) is 0 Å². The largest absolute Gasteiger partial charge is 0.486 e. The van der Waals surface area contributed by atoms with Crippen molar-refractivity contribution in [3.05, 3.63) is 60.1 Å². The summed E-state index contributed by atoms with van der Waals surface area (Å²) in [5.74, 6) is 2.23. The van der Waals surface area contributed by atoms with Gasteiger partial charge < -0.3 is 18.8 Å². The van der Waals surface area contributed by atoms with Crippen LogP contribution in [0.25, 0.3) is 10.8 Å². The zero-order valence-electron chi connectivity index (χ0n) is 15.7. The first-order valence-electron chi connectivity index (χ1n) is 9.87. The van der Waals surface area contributed by atoms with E-state index in [-0.39, 0.29) is 5.78 Å². The van der Waals surface area contributed by atoms with Gasteiger partial charge in [-0.05, 0) is 53.6 Å². The summed E-state index contributed by atoms with van der Waals surface area (Å²) in [5, 5.41) is 2.07. The summed E-state index contributed by atoms with van der Waals surface area (Å²) in [5.41, 5.74) is 2.02. The number of ketones is 1. The zero-order chi connectivity index (χ0) is 18.9. The Kier molecular flexibility index (Phi) is 4.53. The number of Topliss-reactive ketones (excluding diaryl/α,β-unsaturated/α-hetero) is 1. The van der Waals surface area contributed by atoms with Crippen molar-refractivity contribution < 1.29 is 18.7 Å². The molecule has 1 fully saturated rings. The Hall–Kier alpha value is -2.79. The predicted molar refractivity (Wildman–Crippen MR) is 106 cm³/mol. The Labute approximate surface area is 163 Å². The molecule has 0 saturated carbocycles. The second-order valence-corrected chi connectivity index (χ2v) is 7.57. The molecule has 1 aromatic heterocycles. The number of hydrogen-bond acceptors (Lipinski definition) is 5. The van der Waals surface area contributed by atoms with E-state index in [4.69, 9.17) is 13.9 Å². The van der Waals surface area contributed by atoms with Crippen molar-refractivity contribution >= 4 is 16.6 Å². The molecule has 2 aliphatic heterocycles. The van der Waals surface area contributed by atoms with Crippen LogP contribution in [0.4, 0.5) is 0 Å². The molecule has 0 radical (unpaired) electrons. The SMILES string of the molecule is O=C(CCN1CCC(c2ccoc2)C1)c1ccc2cc3c(cc2c1)OCCO3. The van der Waals surface area contributed by atoms with Crippen molar-refractivity contribution in [1.29, 1.82) is 0 Å². The lowest BCUT2D eigenvalue weighted by Gasteiger charge is -2.19. The first-order valence-corrected chi connectivity index (χ1v) is 9.87. The zero-order valence-corrected chi connectivity index (χ0v) is 15.7. The fraction of sp³-hybridized carbons (Fsp3) is 0.348. The highest BCUT2D eigenvalue weighted by atomic mass is 16.6. The minimum atomic E-state index is 0.184.